The van der Waals surface area contributed by atoms with Gasteiger partial charge in [-0.3, -0.25) is 9.48 Å². The number of alkyl carbamates (subject to hydrolysis) is 1. The van der Waals surface area contributed by atoms with E-state index in [1.54, 1.807) is 31.5 Å². The first-order chi connectivity index (χ1) is 16.3. The number of aromatic nitrogens is 4. The van der Waals surface area contributed by atoms with Crippen LogP contribution in [0.25, 0.3) is 22.3 Å². The van der Waals surface area contributed by atoms with E-state index in [0.717, 1.165) is 21.5 Å². The van der Waals surface area contributed by atoms with Crippen molar-refractivity contribution in [2.24, 2.45) is 7.05 Å². The highest BCUT2D eigenvalue weighted by Crippen LogP contribution is 2.40. The molecule has 1 aromatic carbocycles. The summed E-state index contributed by atoms with van der Waals surface area (Å²) in [5.74, 6) is -5.21. The van der Waals surface area contributed by atoms with Gasteiger partial charge in [-0.25, -0.2) is 13.6 Å². The van der Waals surface area contributed by atoms with Crippen molar-refractivity contribution in [1.82, 2.24) is 30.1 Å². The van der Waals surface area contributed by atoms with Gasteiger partial charge in [0.1, 0.15) is 18.1 Å². The largest absolute Gasteiger partial charge is 0.444 e. The van der Waals surface area contributed by atoms with E-state index in [2.05, 4.69) is 20.6 Å². The van der Waals surface area contributed by atoms with E-state index in [9.17, 15) is 9.59 Å². The Labute approximate surface area is 200 Å². The normalized spacial score (nSPS) is 18.0. The lowest BCUT2D eigenvalue weighted by atomic mass is 9.92. The smallest absolute Gasteiger partial charge is 0.408 e. The number of alkyl halides is 2. The number of carbonyl (C=O) groups excluding carboxylic acids is 2. The lowest BCUT2D eigenvalue weighted by Gasteiger charge is -2.36. The van der Waals surface area contributed by atoms with Gasteiger partial charge in [0, 0.05) is 24.5 Å². The highest BCUT2D eigenvalue weighted by molar-refractivity contribution is 5.85. The van der Waals surface area contributed by atoms with Gasteiger partial charge < -0.3 is 19.5 Å². The zero-order chi connectivity index (χ0) is 25.5. The zero-order valence-electron chi connectivity index (χ0n) is 20.3. The molecule has 0 bridgehead atoms. The van der Waals surface area contributed by atoms with E-state index in [-0.39, 0.29) is 24.7 Å². The SMILES string of the molecule is Cc1nn(C)c2cc(-c3noc(C4CCN(C(=O)CNC(=O)OC(C)(C)C)CC4(F)F)n3)ccc12. The molecule has 1 aliphatic heterocycles. The number of hydrogen-bond acceptors (Lipinski definition) is 7. The molecule has 1 saturated heterocycles. The first-order valence-electron chi connectivity index (χ1n) is 11.2. The number of nitrogens with one attached hydrogen (secondary N) is 1. The number of nitrogens with zero attached hydrogens (tertiary/aromatic N) is 5. The molecule has 0 saturated carbocycles. The first kappa shape index (κ1) is 24.6. The molecule has 0 spiro atoms. The summed E-state index contributed by atoms with van der Waals surface area (Å²) in [6.07, 6.45) is -0.849. The van der Waals surface area contributed by atoms with Crippen LogP contribution >= 0.6 is 0 Å². The standard InChI is InChI=1S/C23H28F2N6O4/c1-13-15-7-6-14(10-17(15)30(5)28-13)19-27-20(35-29-19)16-8-9-31(12-23(16,24)25)18(32)11-26-21(33)34-22(2,3)4/h6-7,10,16H,8-9,11-12H2,1-5H3,(H,26,33). The van der Waals surface area contributed by atoms with Crippen molar-refractivity contribution in [2.75, 3.05) is 19.6 Å². The Bertz CT molecular complexity index is 1260. The van der Waals surface area contributed by atoms with Crippen LogP contribution in [0.2, 0.25) is 0 Å². The number of rotatable bonds is 4. The minimum Gasteiger partial charge on any atom is -0.444 e. The number of ether oxygens (including phenoxy) is 1. The number of aryl methyl sites for hydroxylation is 2. The van der Waals surface area contributed by atoms with Crippen LogP contribution in [0, 0.1) is 6.92 Å². The number of halogens is 2. The van der Waals surface area contributed by atoms with Crippen molar-refractivity contribution in [2.45, 2.75) is 51.6 Å². The molecule has 10 nitrogen and oxygen atoms in total. The highest BCUT2D eigenvalue weighted by Gasteiger charge is 2.49. The van der Waals surface area contributed by atoms with Gasteiger partial charge in [-0.2, -0.15) is 10.1 Å². The Morgan fingerprint density at radius 3 is 2.74 bits per heavy atom. The van der Waals surface area contributed by atoms with Gasteiger partial charge in [-0.15, -0.1) is 0 Å². The van der Waals surface area contributed by atoms with Crippen LogP contribution in [0.3, 0.4) is 0 Å². The minimum absolute atomic E-state index is 0.0626. The molecule has 1 fully saturated rings. The van der Waals surface area contributed by atoms with Crippen LogP contribution < -0.4 is 5.32 Å². The molecule has 3 heterocycles. The maximum absolute atomic E-state index is 15.0. The van der Waals surface area contributed by atoms with Crippen LogP contribution in [-0.4, -0.2) is 68.0 Å². The van der Waals surface area contributed by atoms with E-state index < -0.39 is 42.5 Å². The molecule has 35 heavy (non-hydrogen) atoms. The topological polar surface area (TPSA) is 115 Å². The predicted molar refractivity (Wildman–Crippen MR) is 122 cm³/mol. The van der Waals surface area contributed by atoms with Crippen molar-refractivity contribution in [1.29, 1.82) is 0 Å². The van der Waals surface area contributed by atoms with Gasteiger partial charge in [0.05, 0.1) is 17.8 Å². The average Bonchev–Trinajstić information content (AvgIpc) is 3.34. The minimum atomic E-state index is -3.28. The van der Waals surface area contributed by atoms with Crippen molar-refractivity contribution in [3.05, 3.63) is 29.8 Å². The van der Waals surface area contributed by atoms with E-state index in [1.165, 1.54) is 0 Å². The number of carbonyl (C=O) groups is 2. The Morgan fingerprint density at radius 1 is 1.31 bits per heavy atom. The quantitative estimate of drug-likeness (QED) is 0.596. The van der Waals surface area contributed by atoms with E-state index in [0.29, 0.717) is 5.56 Å². The number of amides is 2. The predicted octanol–water partition coefficient (Wildman–Crippen LogP) is 3.41. The Balaban J connectivity index is 1.42. The van der Waals surface area contributed by atoms with E-state index in [1.807, 2.05) is 26.1 Å². The van der Waals surface area contributed by atoms with Gasteiger partial charge in [0.15, 0.2) is 0 Å². The third kappa shape index (κ3) is 5.25. The van der Waals surface area contributed by atoms with Crippen LogP contribution in [-0.2, 0) is 16.6 Å². The van der Waals surface area contributed by atoms with Crippen molar-refractivity contribution in [3.63, 3.8) is 0 Å². The molecule has 4 rings (SSSR count). The second-order valence-corrected chi connectivity index (χ2v) is 9.67. The summed E-state index contributed by atoms with van der Waals surface area (Å²) in [5.41, 5.74) is 1.64. The number of fused-ring (bicyclic) bond motifs is 1. The molecule has 12 heteroatoms. The highest BCUT2D eigenvalue weighted by atomic mass is 19.3. The molecule has 1 atom stereocenters. The fourth-order valence-electron chi connectivity index (χ4n) is 4.10. The Kier molecular flexibility index (Phi) is 6.24. The summed E-state index contributed by atoms with van der Waals surface area (Å²) < 4.78 is 42.0. The van der Waals surface area contributed by atoms with E-state index in [4.69, 9.17) is 9.26 Å². The molecule has 0 radical (unpaired) electrons. The zero-order valence-corrected chi connectivity index (χ0v) is 20.3. The monoisotopic (exact) mass is 490 g/mol. The fourth-order valence-corrected chi connectivity index (χ4v) is 4.10. The third-order valence-corrected chi connectivity index (χ3v) is 5.77. The van der Waals surface area contributed by atoms with Gasteiger partial charge in [0.2, 0.25) is 17.6 Å². The second-order valence-electron chi connectivity index (χ2n) is 9.67. The number of benzene rings is 1. The summed E-state index contributed by atoms with van der Waals surface area (Å²) >= 11 is 0. The molecular weight excluding hydrogens is 462 g/mol. The number of hydrogen-bond donors (Lipinski definition) is 1. The molecule has 3 aromatic rings. The number of piperidine rings is 1. The van der Waals surface area contributed by atoms with Gasteiger partial charge in [-0.05, 0) is 40.2 Å². The maximum atomic E-state index is 15.0. The average molecular weight is 491 g/mol. The fraction of sp³-hybridized carbons (Fsp3) is 0.522. The second kappa shape index (κ2) is 8.90. The van der Waals surface area contributed by atoms with Crippen molar-refractivity contribution < 1.29 is 27.6 Å². The molecule has 2 aromatic heterocycles. The molecular formula is C23H28F2N6O4. The Hall–Kier alpha value is -3.57. The van der Waals surface area contributed by atoms with Crippen LogP contribution in [0.15, 0.2) is 22.7 Å². The maximum Gasteiger partial charge on any atom is 0.408 e. The van der Waals surface area contributed by atoms with Crippen molar-refractivity contribution >= 4 is 22.9 Å². The Morgan fingerprint density at radius 2 is 2.06 bits per heavy atom. The molecule has 0 aliphatic carbocycles. The summed E-state index contributed by atoms with van der Waals surface area (Å²) in [6.45, 7) is 5.76. The first-order valence-corrected chi connectivity index (χ1v) is 11.2. The summed E-state index contributed by atoms with van der Waals surface area (Å²) in [6, 6.07) is 5.51. The summed E-state index contributed by atoms with van der Waals surface area (Å²) in [7, 11) is 1.82. The van der Waals surface area contributed by atoms with Crippen LogP contribution in [0.5, 0.6) is 0 Å². The lowest BCUT2D eigenvalue weighted by Crippen LogP contribution is -2.52. The van der Waals surface area contributed by atoms with Crippen LogP contribution in [0.1, 0.15) is 44.7 Å². The molecule has 1 unspecified atom stereocenters. The van der Waals surface area contributed by atoms with Gasteiger partial charge in [0.25, 0.3) is 5.92 Å². The summed E-state index contributed by atoms with van der Waals surface area (Å²) in [4.78, 5) is 29.4. The van der Waals surface area contributed by atoms with E-state index >= 15 is 8.78 Å². The molecule has 1 aliphatic rings. The molecule has 1 N–H and O–H groups in total. The number of likely N-dealkylation sites (tertiary alicyclic amines) is 1. The van der Waals surface area contributed by atoms with Crippen LogP contribution in [0.4, 0.5) is 13.6 Å². The van der Waals surface area contributed by atoms with Gasteiger partial charge in [-0.1, -0.05) is 17.3 Å². The van der Waals surface area contributed by atoms with Crippen molar-refractivity contribution in [3.8, 4) is 11.4 Å². The molecule has 188 valence electrons. The summed E-state index contributed by atoms with van der Waals surface area (Å²) in [5, 5.41) is 11.6. The lowest BCUT2D eigenvalue weighted by molar-refractivity contribution is -0.144. The third-order valence-electron chi connectivity index (χ3n) is 5.77. The van der Waals surface area contributed by atoms with Gasteiger partial charge >= 0.3 is 6.09 Å². The molecule has 2 amide bonds.